The van der Waals surface area contributed by atoms with Gasteiger partial charge in [0.05, 0.1) is 18.7 Å². The molecule has 13 nitrogen and oxygen atoms in total. The molecule has 0 fully saturated rings. The lowest BCUT2D eigenvalue weighted by Crippen LogP contribution is -2.60. The number of alkyl halides is 3. The van der Waals surface area contributed by atoms with E-state index < -0.39 is 71.7 Å². The smallest absolute Gasteiger partial charge is 0.416 e. The van der Waals surface area contributed by atoms with E-state index >= 15 is 0 Å². The van der Waals surface area contributed by atoms with Gasteiger partial charge >= 0.3 is 12.3 Å². The second-order valence-corrected chi connectivity index (χ2v) is 13.1. The summed E-state index contributed by atoms with van der Waals surface area (Å²) < 4.78 is 52.7. The molecular formula is C34H44F3N7O6. The van der Waals surface area contributed by atoms with Gasteiger partial charge < -0.3 is 25.4 Å². The van der Waals surface area contributed by atoms with Gasteiger partial charge in [0.2, 0.25) is 17.7 Å². The molecule has 0 aromatic heterocycles. The van der Waals surface area contributed by atoms with Crippen LogP contribution in [0, 0.1) is 5.92 Å². The van der Waals surface area contributed by atoms with Crippen LogP contribution < -0.4 is 20.7 Å². The Balaban J connectivity index is 2.12. The molecule has 16 heteroatoms. The summed E-state index contributed by atoms with van der Waals surface area (Å²) in [5.74, 6) is -2.31. The van der Waals surface area contributed by atoms with Gasteiger partial charge in [0.25, 0.3) is 0 Å². The number of azide groups is 1. The van der Waals surface area contributed by atoms with Crippen LogP contribution in [0.1, 0.15) is 57.7 Å². The first-order valence-corrected chi connectivity index (χ1v) is 16.3. The van der Waals surface area contributed by atoms with Crippen molar-refractivity contribution in [3.8, 4) is 5.75 Å². The Kier molecular flexibility index (Phi) is 13.9. The largest absolute Gasteiger partial charge is 0.491 e. The number of amides is 4. The molecule has 1 aliphatic heterocycles. The first-order chi connectivity index (χ1) is 23.5. The van der Waals surface area contributed by atoms with E-state index in [9.17, 15) is 32.3 Å². The lowest BCUT2D eigenvalue weighted by Gasteiger charge is -2.34. The molecule has 0 saturated heterocycles. The summed E-state index contributed by atoms with van der Waals surface area (Å²) in [5.41, 5.74) is 7.84. The molecular weight excluding hydrogens is 659 g/mol. The summed E-state index contributed by atoms with van der Waals surface area (Å²) in [5, 5.41) is 11.4. The topological polar surface area (TPSA) is 175 Å². The van der Waals surface area contributed by atoms with E-state index in [4.69, 9.17) is 15.0 Å². The molecule has 3 rings (SSSR count). The molecule has 3 atom stereocenters. The number of nitrogens with zero attached hydrogens (tertiary/aromatic N) is 4. The van der Waals surface area contributed by atoms with Crippen molar-refractivity contribution in [2.24, 2.45) is 11.0 Å². The first kappa shape index (κ1) is 39.5. The predicted molar refractivity (Wildman–Crippen MR) is 178 cm³/mol. The minimum absolute atomic E-state index is 0.0959. The monoisotopic (exact) mass is 703 g/mol. The number of fused-ring (bicyclic) bond motifs is 1. The summed E-state index contributed by atoms with van der Waals surface area (Å²) >= 11 is 0. The number of ether oxygens (including phenoxy) is 2. The number of benzene rings is 2. The van der Waals surface area contributed by atoms with Gasteiger partial charge in [-0.1, -0.05) is 55.4 Å². The maximum atomic E-state index is 14.2. The minimum Gasteiger partial charge on any atom is -0.491 e. The number of carbonyl (C=O) groups is 4. The van der Waals surface area contributed by atoms with Gasteiger partial charge in [-0.2, -0.15) is 13.2 Å². The molecule has 50 heavy (non-hydrogen) atoms. The fourth-order valence-corrected chi connectivity index (χ4v) is 5.21. The molecule has 2 aromatic rings. The van der Waals surface area contributed by atoms with E-state index in [2.05, 4.69) is 26.0 Å². The van der Waals surface area contributed by atoms with Crippen molar-refractivity contribution < 1.29 is 41.8 Å². The third-order valence-corrected chi connectivity index (χ3v) is 7.68. The number of carbonyl (C=O) groups excluding carboxylic acids is 4. The molecule has 1 heterocycles. The van der Waals surface area contributed by atoms with Crippen LogP contribution in [0.2, 0.25) is 0 Å². The highest BCUT2D eigenvalue weighted by Gasteiger charge is 2.37. The van der Waals surface area contributed by atoms with Gasteiger partial charge in [-0.15, -0.1) is 0 Å². The Bertz CT molecular complexity index is 1560. The van der Waals surface area contributed by atoms with E-state index in [1.54, 1.807) is 46.8 Å². The van der Waals surface area contributed by atoms with Crippen LogP contribution in [-0.4, -0.2) is 78.7 Å². The normalized spacial score (nSPS) is 20.1. The highest BCUT2D eigenvalue weighted by atomic mass is 19.4. The SMILES string of the molecule is CC(C)[C@H]1NC(=O)[C@@H](Cc2cccc(C(F)(F)F)c2)N(C(=O)OC(C)(C)C)CCOc2ccccc2CCCNC(=O)[C@H](CN=[N+]=[N-])NC1=O. The number of hydrogen-bond acceptors (Lipinski definition) is 7. The van der Waals surface area contributed by atoms with Crippen molar-refractivity contribution in [2.75, 3.05) is 26.2 Å². The molecule has 1 aliphatic rings. The van der Waals surface area contributed by atoms with Gasteiger partial charge in [0.15, 0.2) is 0 Å². The molecule has 0 radical (unpaired) electrons. The Labute approximate surface area is 288 Å². The molecule has 0 spiro atoms. The van der Waals surface area contributed by atoms with Crippen molar-refractivity contribution in [3.63, 3.8) is 0 Å². The standard InChI is InChI=1S/C34H44F3N7O6/c1-21(2)28-31(47)41-25(20-40-43-38)29(45)39-15-9-12-23-11-6-7-14-27(23)49-17-16-44(32(48)50-33(3,4)5)26(30(46)42-28)19-22-10-8-13-24(18-22)34(35,36)37/h6-8,10-11,13-14,18,21,25-26,28H,9,12,15-17,19-20H2,1-5H3,(H,39,45)(H,41,47)(H,42,46)/t25-,26+,28+/m0/s1. The minimum atomic E-state index is -4.67. The Morgan fingerprint density at radius 2 is 1.78 bits per heavy atom. The van der Waals surface area contributed by atoms with Gasteiger partial charge in [-0.25, -0.2) is 4.79 Å². The molecule has 0 aliphatic carbocycles. The maximum Gasteiger partial charge on any atom is 0.416 e. The van der Waals surface area contributed by atoms with Crippen LogP contribution in [0.5, 0.6) is 5.75 Å². The van der Waals surface area contributed by atoms with Crippen molar-refractivity contribution in [2.45, 2.75) is 83.8 Å². The summed E-state index contributed by atoms with van der Waals surface area (Å²) in [6.45, 7) is 7.66. The molecule has 2 aromatic carbocycles. The molecule has 0 bridgehead atoms. The number of halogens is 3. The Morgan fingerprint density at radius 1 is 1.06 bits per heavy atom. The average Bonchev–Trinajstić information content (AvgIpc) is 3.03. The van der Waals surface area contributed by atoms with Crippen molar-refractivity contribution in [1.29, 1.82) is 0 Å². The van der Waals surface area contributed by atoms with Gasteiger partial charge in [-0.05, 0) is 68.3 Å². The lowest BCUT2D eigenvalue weighted by molar-refractivity contribution is -0.137. The summed E-state index contributed by atoms with van der Waals surface area (Å²) in [6.07, 6.45) is -4.99. The number of hydrogen-bond donors (Lipinski definition) is 3. The third kappa shape index (κ3) is 11.9. The average molecular weight is 704 g/mol. The van der Waals surface area contributed by atoms with Crippen molar-refractivity contribution >= 4 is 23.8 Å². The van der Waals surface area contributed by atoms with Crippen molar-refractivity contribution in [3.05, 3.63) is 75.7 Å². The molecule has 4 amide bonds. The number of nitrogens with one attached hydrogen (secondary N) is 3. The molecule has 0 unspecified atom stereocenters. The lowest BCUT2D eigenvalue weighted by atomic mass is 9.99. The number of para-hydroxylation sites is 1. The zero-order valence-electron chi connectivity index (χ0n) is 28.8. The van der Waals surface area contributed by atoms with E-state index in [0.717, 1.165) is 22.6 Å². The van der Waals surface area contributed by atoms with Crippen LogP contribution in [0.15, 0.2) is 53.6 Å². The molecule has 272 valence electrons. The van der Waals surface area contributed by atoms with Crippen LogP contribution in [0.25, 0.3) is 10.4 Å². The summed E-state index contributed by atoms with van der Waals surface area (Å²) in [7, 11) is 0. The van der Waals surface area contributed by atoms with Gasteiger partial charge in [0, 0.05) is 17.9 Å². The number of rotatable bonds is 5. The molecule has 3 N–H and O–H groups in total. The van der Waals surface area contributed by atoms with Gasteiger partial charge in [-0.3, -0.25) is 19.3 Å². The maximum absolute atomic E-state index is 14.2. The Morgan fingerprint density at radius 3 is 2.44 bits per heavy atom. The van der Waals surface area contributed by atoms with Crippen molar-refractivity contribution in [1.82, 2.24) is 20.9 Å². The summed E-state index contributed by atoms with van der Waals surface area (Å²) in [4.78, 5) is 58.4. The zero-order chi connectivity index (χ0) is 37.1. The van der Waals surface area contributed by atoms with Gasteiger partial charge in [0.1, 0.15) is 36.1 Å². The fraction of sp³-hybridized carbons (Fsp3) is 0.529. The predicted octanol–water partition coefficient (Wildman–Crippen LogP) is 4.93. The van der Waals surface area contributed by atoms with Crippen LogP contribution in [0.3, 0.4) is 0 Å². The molecule has 0 saturated carbocycles. The van der Waals surface area contributed by atoms with Crippen LogP contribution >= 0.6 is 0 Å². The third-order valence-electron chi connectivity index (χ3n) is 7.68. The quantitative estimate of drug-likeness (QED) is 0.226. The second-order valence-electron chi connectivity index (χ2n) is 13.1. The van der Waals surface area contributed by atoms with Crippen LogP contribution in [0.4, 0.5) is 18.0 Å². The van der Waals surface area contributed by atoms with E-state index in [1.165, 1.54) is 12.1 Å². The number of aryl methyl sites for hydroxylation is 1. The van der Waals surface area contributed by atoms with E-state index in [0.29, 0.717) is 18.6 Å². The highest BCUT2D eigenvalue weighted by Crippen LogP contribution is 2.30. The zero-order valence-corrected chi connectivity index (χ0v) is 28.8. The second kappa shape index (κ2) is 17.6. The summed E-state index contributed by atoms with van der Waals surface area (Å²) in [6, 6.07) is 7.52. The van der Waals surface area contributed by atoms with E-state index in [1.807, 2.05) is 12.1 Å². The highest BCUT2D eigenvalue weighted by molar-refractivity contribution is 5.94. The van der Waals surface area contributed by atoms with E-state index in [-0.39, 0.29) is 31.7 Å². The van der Waals surface area contributed by atoms with Crippen LogP contribution in [-0.2, 0) is 38.1 Å². The first-order valence-electron chi connectivity index (χ1n) is 16.3. The fourth-order valence-electron chi connectivity index (χ4n) is 5.21. The Hall–Kier alpha value is -4.98.